The highest BCUT2D eigenvalue weighted by Crippen LogP contribution is 1.82. The third kappa shape index (κ3) is 5.52. The molecular formula is C4H6ClFO3. The van der Waals surface area contributed by atoms with Gasteiger partial charge in [0.15, 0.2) is 0 Å². The summed E-state index contributed by atoms with van der Waals surface area (Å²) in [6.07, 6.45) is 0. The number of alkyl halides is 1. The van der Waals surface area contributed by atoms with Crippen LogP contribution in [0.15, 0.2) is 0 Å². The summed E-state index contributed by atoms with van der Waals surface area (Å²) >= 11 is 5.16. The van der Waals surface area contributed by atoms with Gasteiger partial charge in [-0.15, -0.1) is 11.6 Å². The molecule has 0 aromatic heterocycles. The molecule has 0 rings (SSSR count). The number of carbonyl (C=O) groups excluding carboxylic acids is 1. The Labute approximate surface area is 56.6 Å². The minimum atomic E-state index is -1.04. The summed E-state index contributed by atoms with van der Waals surface area (Å²) in [4.78, 5) is 12.7. The molecule has 0 fully saturated rings. The van der Waals surface area contributed by atoms with E-state index in [0.29, 0.717) is 0 Å². The monoisotopic (exact) mass is 156 g/mol. The first-order valence-electron chi connectivity index (χ1n) is 2.26. The van der Waals surface area contributed by atoms with Gasteiger partial charge < -0.3 is 4.74 Å². The quantitative estimate of drug-likeness (QED) is 0.443. The zero-order chi connectivity index (χ0) is 7.11. The number of hydrogen-bond acceptors (Lipinski definition) is 3. The lowest BCUT2D eigenvalue weighted by Crippen LogP contribution is -2.09. The molecule has 0 radical (unpaired) electrons. The Morgan fingerprint density at radius 1 is 1.67 bits per heavy atom. The van der Waals surface area contributed by atoms with Gasteiger partial charge in [-0.05, 0) is 0 Å². The van der Waals surface area contributed by atoms with E-state index in [4.69, 9.17) is 11.6 Å². The molecule has 0 saturated carbocycles. The summed E-state index contributed by atoms with van der Waals surface area (Å²) in [7, 11) is 0. The minimum absolute atomic E-state index is 0.219. The summed E-state index contributed by atoms with van der Waals surface area (Å²) in [6.45, 7) is -0.167. The normalized spacial score (nSPS) is 9.11. The van der Waals surface area contributed by atoms with E-state index in [1.165, 1.54) is 0 Å². The van der Waals surface area contributed by atoms with Crippen molar-refractivity contribution in [3.63, 3.8) is 0 Å². The van der Waals surface area contributed by atoms with Crippen LogP contribution in [0.1, 0.15) is 0 Å². The van der Waals surface area contributed by atoms with Crippen LogP contribution in [0.3, 0.4) is 0 Å². The first-order chi connectivity index (χ1) is 4.31. The molecule has 0 N–H and O–H groups in total. The first kappa shape index (κ1) is 8.65. The van der Waals surface area contributed by atoms with E-state index in [1.54, 1.807) is 0 Å². The van der Waals surface area contributed by atoms with Gasteiger partial charge in [0.05, 0.1) is 6.61 Å². The molecule has 0 aromatic rings. The van der Waals surface area contributed by atoms with Gasteiger partial charge >= 0.3 is 5.97 Å². The molecule has 0 aliphatic carbocycles. The fraction of sp³-hybridized carbons (Fsp3) is 0.750. The van der Waals surface area contributed by atoms with Crippen LogP contribution < -0.4 is 0 Å². The molecule has 0 heterocycles. The van der Waals surface area contributed by atoms with E-state index in [1.807, 2.05) is 0 Å². The lowest BCUT2D eigenvalue weighted by Gasteiger charge is -1.94. The standard InChI is InChI=1S/C4H6ClFO3/c5-1-2-8-3-4(7)9-6/h1-3H2. The summed E-state index contributed by atoms with van der Waals surface area (Å²) in [5, 5.41) is 0. The molecule has 0 aromatic carbocycles. The van der Waals surface area contributed by atoms with E-state index in [9.17, 15) is 9.32 Å². The van der Waals surface area contributed by atoms with Gasteiger partial charge in [-0.25, -0.2) is 4.79 Å². The Bertz CT molecular complexity index is 87.9. The Morgan fingerprint density at radius 2 is 2.33 bits per heavy atom. The molecule has 0 bridgehead atoms. The molecule has 0 atom stereocenters. The molecule has 0 aliphatic rings. The van der Waals surface area contributed by atoms with Crippen molar-refractivity contribution >= 4 is 17.6 Å². The van der Waals surface area contributed by atoms with Crippen molar-refractivity contribution in [1.29, 1.82) is 0 Å². The van der Waals surface area contributed by atoms with E-state index in [2.05, 4.69) is 9.68 Å². The van der Waals surface area contributed by atoms with Crippen molar-refractivity contribution in [3.8, 4) is 0 Å². The lowest BCUT2D eigenvalue weighted by molar-refractivity contribution is -0.188. The molecule has 0 amide bonds. The van der Waals surface area contributed by atoms with E-state index in [-0.39, 0.29) is 19.1 Å². The second kappa shape index (κ2) is 5.78. The topological polar surface area (TPSA) is 35.5 Å². The van der Waals surface area contributed by atoms with Crippen LogP contribution in [0, 0.1) is 0 Å². The van der Waals surface area contributed by atoms with E-state index in [0.717, 1.165) is 0 Å². The van der Waals surface area contributed by atoms with Gasteiger partial charge in [0, 0.05) is 10.4 Å². The van der Waals surface area contributed by atoms with E-state index < -0.39 is 5.97 Å². The SMILES string of the molecule is O=C(COCCCl)OF. The zero-order valence-corrected chi connectivity index (χ0v) is 5.36. The molecule has 0 unspecified atom stereocenters. The molecule has 0 spiro atoms. The van der Waals surface area contributed by atoms with Crippen LogP contribution in [0.2, 0.25) is 0 Å². The smallest absolute Gasteiger partial charge is 0.368 e. The van der Waals surface area contributed by atoms with Crippen LogP contribution in [0.5, 0.6) is 0 Å². The maximum atomic E-state index is 10.9. The first-order valence-corrected chi connectivity index (χ1v) is 2.80. The highest BCUT2D eigenvalue weighted by molar-refractivity contribution is 6.17. The highest BCUT2D eigenvalue weighted by atomic mass is 35.5. The van der Waals surface area contributed by atoms with Gasteiger partial charge in [-0.1, -0.05) is 0 Å². The lowest BCUT2D eigenvalue weighted by atomic mass is 10.7. The van der Waals surface area contributed by atoms with Crippen LogP contribution in [0.4, 0.5) is 4.53 Å². The van der Waals surface area contributed by atoms with Crippen molar-refractivity contribution in [3.05, 3.63) is 0 Å². The van der Waals surface area contributed by atoms with Crippen LogP contribution in [-0.4, -0.2) is 25.1 Å². The van der Waals surface area contributed by atoms with Crippen molar-refractivity contribution in [2.24, 2.45) is 0 Å². The average Bonchev–Trinajstić information content (AvgIpc) is 1.89. The van der Waals surface area contributed by atoms with Gasteiger partial charge in [0.2, 0.25) is 0 Å². The zero-order valence-electron chi connectivity index (χ0n) is 4.60. The van der Waals surface area contributed by atoms with Crippen LogP contribution in [0.25, 0.3) is 0 Å². The molecule has 5 heteroatoms. The second-order valence-electron chi connectivity index (χ2n) is 1.19. The Kier molecular flexibility index (Phi) is 5.56. The van der Waals surface area contributed by atoms with Gasteiger partial charge in [-0.2, -0.15) is 0 Å². The number of rotatable bonds is 4. The minimum Gasteiger partial charge on any atom is -0.368 e. The summed E-state index contributed by atoms with van der Waals surface area (Å²) in [6, 6.07) is 0. The number of halogens is 2. The van der Waals surface area contributed by atoms with Crippen molar-refractivity contribution in [2.75, 3.05) is 19.1 Å². The maximum absolute atomic E-state index is 10.9. The van der Waals surface area contributed by atoms with Crippen molar-refractivity contribution in [2.45, 2.75) is 0 Å². The molecule has 0 aliphatic heterocycles. The Hall–Kier alpha value is -0.350. The molecule has 54 valence electrons. The van der Waals surface area contributed by atoms with Crippen molar-refractivity contribution < 1.29 is 19.0 Å². The summed E-state index contributed by atoms with van der Waals surface area (Å²) < 4.78 is 15.3. The van der Waals surface area contributed by atoms with Gasteiger partial charge in [0.1, 0.15) is 6.61 Å². The predicted molar refractivity (Wildman–Crippen MR) is 28.7 cm³/mol. The molecule has 9 heavy (non-hydrogen) atoms. The summed E-state index contributed by atoms with van der Waals surface area (Å²) in [5.41, 5.74) is 0. The van der Waals surface area contributed by atoms with Crippen LogP contribution in [-0.2, 0) is 14.5 Å². The number of carbonyl (C=O) groups is 1. The third-order valence-electron chi connectivity index (χ3n) is 0.527. The Balaban J connectivity index is 2.97. The fourth-order valence-electron chi connectivity index (χ4n) is 0.232. The van der Waals surface area contributed by atoms with Gasteiger partial charge in [-0.3, -0.25) is 4.94 Å². The van der Waals surface area contributed by atoms with Crippen LogP contribution >= 0.6 is 11.6 Å². The second-order valence-corrected chi connectivity index (χ2v) is 1.57. The third-order valence-corrected chi connectivity index (χ3v) is 0.682. The fourth-order valence-corrected chi connectivity index (χ4v) is 0.341. The number of ether oxygens (including phenoxy) is 1. The largest absolute Gasteiger partial charge is 0.374 e. The molecule has 0 saturated heterocycles. The van der Waals surface area contributed by atoms with Crippen molar-refractivity contribution in [1.82, 2.24) is 0 Å². The molecule has 3 nitrogen and oxygen atoms in total. The van der Waals surface area contributed by atoms with E-state index >= 15 is 0 Å². The highest BCUT2D eigenvalue weighted by Gasteiger charge is 2.00. The molecular weight excluding hydrogens is 150 g/mol. The number of hydrogen-bond donors (Lipinski definition) is 0. The average molecular weight is 157 g/mol. The predicted octanol–water partition coefficient (Wildman–Crippen LogP) is 0.670. The Morgan fingerprint density at radius 3 is 2.78 bits per heavy atom. The summed E-state index contributed by atoms with van der Waals surface area (Å²) in [5.74, 6) is -0.764. The maximum Gasteiger partial charge on any atom is 0.374 e. The van der Waals surface area contributed by atoms with Gasteiger partial charge in [0.25, 0.3) is 0 Å².